The molecule has 0 aliphatic heterocycles. The molecule has 0 aromatic carbocycles. The molecule has 8 heteroatoms. The molecule has 6 nitrogen and oxygen atoms in total. The summed E-state index contributed by atoms with van der Waals surface area (Å²) >= 11 is 5.31. The molecule has 1 N–H and O–H groups in total. The summed E-state index contributed by atoms with van der Waals surface area (Å²) in [6, 6.07) is 0. The van der Waals surface area contributed by atoms with Crippen LogP contribution >= 0.6 is 11.6 Å². The molecule has 0 saturated carbocycles. The van der Waals surface area contributed by atoms with Gasteiger partial charge in [-0.05, 0) is 0 Å². The zero-order chi connectivity index (χ0) is 10.4. The fourth-order valence-corrected chi connectivity index (χ4v) is 2.16. The molecule has 0 atom stereocenters. The summed E-state index contributed by atoms with van der Waals surface area (Å²) in [5, 5.41) is 3.53. The molecule has 14 heavy (non-hydrogen) atoms. The van der Waals surface area contributed by atoms with Gasteiger partial charge in [0.25, 0.3) is 0 Å². The Morgan fingerprint density at radius 1 is 1.57 bits per heavy atom. The van der Waals surface area contributed by atoms with E-state index in [1.54, 1.807) is 0 Å². The summed E-state index contributed by atoms with van der Waals surface area (Å²) < 4.78 is 29.0. The van der Waals surface area contributed by atoms with Gasteiger partial charge < -0.3 is 4.52 Å². The Morgan fingerprint density at radius 3 is 2.93 bits per heavy atom. The number of nitrogens with zero attached hydrogens (tertiary/aromatic N) is 2. The first-order valence-corrected chi connectivity index (χ1v) is 6.11. The van der Waals surface area contributed by atoms with Crippen LogP contribution in [0.15, 0.2) is 10.9 Å². The van der Waals surface area contributed by atoms with Crippen LogP contribution in [0.3, 0.4) is 0 Å². The Kier molecular flexibility index (Phi) is 4.30. The molecule has 0 amide bonds. The van der Waals surface area contributed by atoms with Crippen molar-refractivity contribution in [3.63, 3.8) is 0 Å². The van der Waals surface area contributed by atoms with E-state index in [4.69, 9.17) is 11.6 Å². The smallest absolute Gasteiger partial charge is 0.213 e. The summed E-state index contributed by atoms with van der Waals surface area (Å²) in [6.07, 6.45) is 1.60. The minimum Gasteiger partial charge on any atom is -0.343 e. The van der Waals surface area contributed by atoms with E-state index in [0.29, 0.717) is 12.2 Å². The van der Waals surface area contributed by atoms with Crippen molar-refractivity contribution < 1.29 is 12.9 Å². The Labute approximate surface area is 86.7 Å². The van der Waals surface area contributed by atoms with Crippen LogP contribution < -0.4 is 4.72 Å². The van der Waals surface area contributed by atoms with E-state index in [9.17, 15) is 8.42 Å². The zero-order valence-corrected chi connectivity index (χ0v) is 8.88. The average Bonchev–Trinajstić information content (AvgIpc) is 2.56. The molecule has 0 spiro atoms. The maximum absolute atomic E-state index is 11.1. The third kappa shape index (κ3) is 4.03. The van der Waals surface area contributed by atoms with Crippen LogP contribution in [0, 0.1) is 0 Å². The fraction of sp³-hybridized carbons (Fsp3) is 0.667. The van der Waals surface area contributed by atoms with Gasteiger partial charge >= 0.3 is 0 Å². The molecule has 0 fully saturated rings. The van der Waals surface area contributed by atoms with E-state index in [1.165, 1.54) is 6.39 Å². The largest absolute Gasteiger partial charge is 0.343 e. The number of nitrogens with one attached hydrogen (secondary N) is 1. The van der Waals surface area contributed by atoms with Gasteiger partial charge in [0.05, 0.1) is 5.75 Å². The number of rotatable bonds is 6. The van der Waals surface area contributed by atoms with Crippen molar-refractivity contribution in [2.75, 3.05) is 18.2 Å². The first kappa shape index (κ1) is 11.4. The molecule has 1 aromatic heterocycles. The summed E-state index contributed by atoms with van der Waals surface area (Å²) in [4.78, 5) is 3.74. The maximum Gasteiger partial charge on any atom is 0.213 e. The van der Waals surface area contributed by atoms with Crippen LogP contribution in [0.2, 0.25) is 0 Å². The monoisotopic (exact) mass is 239 g/mol. The van der Waals surface area contributed by atoms with E-state index in [-0.39, 0.29) is 18.2 Å². The van der Waals surface area contributed by atoms with E-state index in [2.05, 4.69) is 19.4 Å². The van der Waals surface area contributed by atoms with Gasteiger partial charge in [-0.3, -0.25) is 0 Å². The van der Waals surface area contributed by atoms with Gasteiger partial charge in [-0.25, -0.2) is 13.1 Å². The van der Waals surface area contributed by atoms with Gasteiger partial charge in [0.15, 0.2) is 5.82 Å². The lowest BCUT2D eigenvalue weighted by molar-refractivity contribution is 0.410. The van der Waals surface area contributed by atoms with Crippen molar-refractivity contribution in [3.05, 3.63) is 12.2 Å². The highest BCUT2D eigenvalue weighted by Crippen LogP contribution is 1.91. The van der Waals surface area contributed by atoms with Crippen molar-refractivity contribution in [1.82, 2.24) is 14.9 Å². The fourth-order valence-electron chi connectivity index (χ4n) is 0.795. The van der Waals surface area contributed by atoms with Crippen molar-refractivity contribution in [3.8, 4) is 0 Å². The summed E-state index contributed by atoms with van der Waals surface area (Å²) in [5.74, 6) is 0.469. The van der Waals surface area contributed by atoms with Crippen molar-refractivity contribution >= 4 is 21.6 Å². The summed E-state index contributed by atoms with van der Waals surface area (Å²) in [6.45, 7) is 0.249. The molecule has 0 aliphatic rings. The lowest BCUT2D eigenvalue weighted by Crippen LogP contribution is -2.29. The van der Waals surface area contributed by atoms with Gasteiger partial charge in [0, 0.05) is 18.8 Å². The highest BCUT2D eigenvalue weighted by molar-refractivity contribution is 7.89. The van der Waals surface area contributed by atoms with E-state index >= 15 is 0 Å². The van der Waals surface area contributed by atoms with Crippen LogP contribution in [-0.4, -0.2) is 36.7 Å². The SMILES string of the molecule is O=S(=O)(CCCl)NCCc1ncon1. The van der Waals surface area contributed by atoms with Gasteiger partial charge in [0.1, 0.15) is 0 Å². The van der Waals surface area contributed by atoms with Gasteiger partial charge in [-0.15, -0.1) is 11.6 Å². The maximum atomic E-state index is 11.1. The molecular weight excluding hydrogens is 230 g/mol. The Bertz CT molecular complexity index is 350. The number of alkyl halides is 1. The Balaban J connectivity index is 2.28. The quantitative estimate of drug-likeness (QED) is 0.693. The third-order valence-corrected chi connectivity index (χ3v) is 3.22. The van der Waals surface area contributed by atoms with Crippen LogP contribution in [0.25, 0.3) is 0 Å². The number of hydrogen-bond donors (Lipinski definition) is 1. The zero-order valence-electron chi connectivity index (χ0n) is 7.31. The number of halogens is 1. The van der Waals surface area contributed by atoms with Gasteiger partial charge in [0.2, 0.25) is 16.4 Å². The van der Waals surface area contributed by atoms with Gasteiger partial charge in [-0.1, -0.05) is 5.16 Å². The normalized spacial score (nSPS) is 11.8. The first-order valence-electron chi connectivity index (χ1n) is 3.92. The standard InChI is InChI=1S/C6H10ClN3O3S/c7-2-4-14(11,12)9-3-1-6-8-5-13-10-6/h5,9H,1-4H2. The predicted octanol–water partition coefficient (Wildman–Crippen LogP) is -0.230. The number of hydrogen-bond acceptors (Lipinski definition) is 5. The molecular formula is C6H10ClN3O3S. The molecule has 0 aliphatic carbocycles. The second-order valence-corrected chi connectivity index (χ2v) is 4.80. The lowest BCUT2D eigenvalue weighted by Gasteiger charge is -2.02. The van der Waals surface area contributed by atoms with E-state index in [1.807, 2.05) is 0 Å². The van der Waals surface area contributed by atoms with Crippen LogP contribution in [0.4, 0.5) is 0 Å². The number of aromatic nitrogens is 2. The number of sulfonamides is 1. The predicted molar refractivity (Wildman–Crippen MR) is 50.5 cm³/mol. The highest BCUT2D eigenvalue weighted by atomic mass is 35.5. The second kappa shape index (κ2) is 5.28. The minimum atomic E-state index is -3.25. The first-order chi connectivity index (χ1) is 6.64. The molecule has 1 heterocycles. The molecule has 1 aromatic rings. The third-order valence-electron chi connectivity index (χ3n) is 1.42. The topological polar surface area (TPSA) is 85.1 Å². The summed E-state index contributed by atoms with van der Waals surface area (Å²) in [5.41, 5.74) is 0. The highest BCUT2D eigenvalue weighted by Gasteiger charge is 2.08. The Morgan fingerprint density at radius 2 is 2.36 bits per heavy atom. The van der Waals surface area contributed by atoms with Crippen molar-refractivity contribution in [2.24, 2.45) is 0 Å². The van der Waals surface area contributed by atoms with E-state index < -0.39 is 10.0 Å². The molecule has 0 radical (unpaired) electrons. The van der Waals surface area contributed by atoms with E-state index in [0.717, 1.165) is 0 Å². The van der Waals surface area contributed by atoms with Gasteiger partial charge in [-0.2, -0.15) is 4.98 Å². The molecule has 80 valence electrons. The molecule has 1 rings (SSSR count). The molecule has 0 bridgehead atoms. The summed E-state index contributed by atoms with van der Waals surface area (Å²) in [7, 11) is -3.25. The van der Waals surface area contributed by atoms with Crippen molar-refractivity contribution in [1.29, 1.82) is 0 Å². The van der Waals surface area contributed by atoms with Crippen LogP contribution in [0.1, 0.15) is 5.82 Å². The second-order valence-electron chi connectivity index (χ2n) is 2.50. The molecule has 0 saturated heterocycles. The van der Waals surface area contributed by atoms with Crippen LogP contribution in [0.5, 0.6) is 0 Å². The lowest BCUT2D eigenvalue weighted by atomic mass is 10.4. The minimum absolute atomic E-state index is 0.0809. The van der Waals surface area contributed by atoms with Crippen LogP contribution in [-0.2, 0) is 16.4 Å². The molecule has 0 unspecified atom stereocenters. The van der Waals surface area contributed by atoms with Crippen molar-refractivity contribution in [2.45, 2.75) is 6.42 Å². The average molecular weight is 240 g/mol. The Hall–Kier alpha value is -0.660.